The topological polar surface area (TPSA) is 102 Å². The van der Waals surface area contributed by atoms with Gasteiger partial charge in [0.2, 0.25) is 11.8 Å². The van der Waals surface area contributed by atoms with Gasteiger partial charge in [0.1, 0.15) is 11.6 Å². The van der Waals surface area contributed by atoms with Crippen molar-refractivity contribution in [2.45, 2.75) is 36.2 Å². The molecule has 180 valence electrons. The van der Waals surface area contributed by atoms with Gasteiger partial charge in [0.25, 0.3) is 5.56 Å². The second-order valence-electron chi connectivity index (χ2n) is 8.67. The summed E-state index contributed by atoms with van der Waals surface area (Å²) in [6, 6.07) is 13.3. The highest BCUT2D eigenvalue weighted by Crippen LogP contribution is 2.37. The smallest absolute Gasteiger partial charge is 0.332 e. The van der Waals surface area contributed by atoms with Crippen LogP contribution in [0.2, 0.25) is 0 Å². The van der Waals surface area contributed by atoms with E-state index < -0.39 is 29.0 Å². The molecule has 0 saturated carbocycles. The lowest BCUT2D eigenvalue weighted by Gasteiger charge is -2.26. The highest BCUT2D eigenvalue weighted by Gasteiger charge is 2.38. The van der Waals surface area contributed by atoms with Crippen LogP contribution in [0.25, 0.3) is 0 Å². The van der Waals surface area contributed by atoms with Gasteiger partial charge < -0.3 is 10.6 Å². The van der Waals surface area contributed by atoms with E-state index in [0.717, 1.165) is 20.8 Å². The van der Waals surface area contributed by atoms with Gasteiger partial charge >= 0.3 is 5.69 Å². The molecule has 2 N–H and O–H groups in total. The van der Waals surface area contributed by atoms with E-state index in [1.54, 1.807) is 17.8 Å². The van der Waals surface area contributed by atoms with Crippen LogP contribution in [0.15, 0.2) is 63.0 Å². The summed E-state index contributed by atoms with van der Waals surface area (Å²) in [5.74, 6) is -1.45. The maximum atomic E-state index is 13.8. The van der Waals surface area contributed by atoms with Gasteiger partial charge in [-0.1, -0.05) is 30.3 Å². The Labute approximate surface area is 204 Å². The first-order valence-corrected chi connectivity index (χ1v) is 12.2. The number of aromatic nitrogens is 2. The Morgan fingerprint density at radius 3 is 2.71 bits per heavy atom. The standard InChI is InChI=1S/C25H23FN4O4S/c1-29-24(33)21-17(12-20(31)27-18-9-10-35-19-8-7-15(26)11-16(18)19)23(32)28-22(21)30(25(29)34)13-14-5-3-2-4-6-14/h2-8,11,17-18H,9-10,12-13H2,1H3,(H,27,31)(H,28,32). The van der Waals surface area contributed by atoms with Crippen LogP contribution in [0.5, 0.6) is 0 Å². The first kappa shape index (κ1) is 23.1. The molecule has 35 heavy (non-hydrogen) atoms. The lowest BCUT2D eigenvalue weighted by Crippen LogP contribution is -2.40. The minimum atomic E-state index is -1.03. The van der Waals surface area contributed by atoms with E-state index in [9.17, 15) is 23.6 Å². The molecule has 0 aliphatic carbocycles. The van der Waals surface area contributed by atoms with Crippen LogP contribution < -0.4 is 21.9 Å². The molecule has 2 aliphatic heterocycles. The number of nitrogens with one attached hydrogen (secondary N) is 2. The van der Waals surface area contributed by atoms with Gasteiger partial charge in [0.15, 0.2) is 0 Å². The number of anilines is 1. The summed E-state index contributed by atoms with van der Waals surface area (Å²) < 4.78 is 16.1. The third-order valence-electron chi connectivity index (χ3n) is 6.40. The molecule has 0 fully saturated rings. The molecule has 3 aromatic rings. The van der Waals surface area contributed by atoms with E-state index in [1.807, 2.05) is 30.3 Å². The number of amides is 2. The van der Waals surface area contributed by atoms with Crippen LogP contribution in [0.3, 0.4) is 0 Å². The number of benzene rings is 2. The SMILES string of the molecule is Cn1c(=O)c2c(n(Cc3ccccc3)c1=O)NC(=O)C2CC(=O)NC1CCSc2ccc(F)cc21. The summed E-state index contributed by atoms with van der Waals surface area (Å²) in [4.78, 5) is 52.6. The van der Waals surface area contributed by atoms with Gasteiger partial charge in [-0.15, -0.1) is 11.8 Å². The summed E-state index contributed by atoms with van der Waals surface area (Å²) in [6.45, 7) is 0.164. The summed E-state index contributed by atoms with van der Waals surface area (Å²) >= 11 is 1.60. The largest absolute Gasteiger partial charge is 0.349 e. The van der Waals surface area contributed by atoms with E-state index >= 15 is 0 Å². The molecule has 2 atom stereocenters. The Balaban J connectivity index is 1.43. The van der Waals surface area contributed by atoms with Gasteiger partial charge in [-0.2, -0.15) is 0 Å². The first-order chi connectivity index (χ1) is 16.8. The molecular formula is C25H23FN4O4S. The number of carbonyl (C=O) groups is 2. The number of rotatable bonds is 5. The Bertz CT molecular complexity index is 1450. The summed E-state index contributed by atoms with van der Waals surface area (Å²) in [5, 5.41) is 5.56. The van der Waals surface area contributed by atoms with Crippen molar-refractivity contribution in [2.24, 2.45) is 7.05 Å². The van der Waals surface area contributed by atoms with Crippen molar-refractivity contribution >= 4 is 29.4 Å². The molecule has 0 bridgehead atoms. The first-order valence-electron chi connectivity index (χ1n) is 11.2. The lowest BCUT2D eigenvalue weighted by atomic mass is 9.97. The maximum Gasteiger partial charge on any atom is 0.332 e. The summed E-state index contributed by atoms with van der Waals surface area (Å²) in [5.41, 5.74) is 0.479. The Kier molecular flexibility index (Phi) is 6.06. The van der Waals surface area contributed by atoms with Crippen molar-refractivity contribution in [2.75, 3.05) is 11.1 Å². The van der Waals surface area contributed by atoms with Crippen molar-refractivity contribution in [1.82, 2.24) is 14.5 Å². The predicted octanol–water partition coefficient (Wildman–Crippen LogP) is 2.51. The fourth-order valence-electron chi connectivity index (χ4n) is 4.64. The van der Waals surface area contributed by atoms with Crippen molar-refractivity contribution in [3.63, 3.8) is 0 Å². The fourth-order valence-corrected chi connectivity index (χ4v) is 5.74. The quantitative estimate of drug-likeness (QED) is 0.568. The minimum absolute atomic E-state index is 0.105. The van der Waals surface area contributed by atoms with Gasteiger partial charge in [-0.3, -0.25) is 23.5 Å². The predicted molar refractivity (Wildman–Crippen MR) is 130 cm³/mol. The molecule has 2 unspecified atom stereocenters. The number of hydrogen-bond acceptors (Lipinski definition) is 5. The van der Waals surface area contributed by atoms with Gasteiger partial charge in [-0.25, -0.2) is 9.18 Å². The molecular weight excluding hydrogens is 471 g/mol. The zero-order valence-electron chi connectivity index (χ0n) is 18.9. The van der Waals surface area contributed by atoms with Crippen molar-refractivity contribution in [3.05, 3.63) is 91.9 Å². The average Bonchev–Trinajstić information content (AvgIpc) is 3.17. The number of nitrogens with zero attached hydrogens (tertiary/aromatic N) is 2. The zero-order chi connectivity index (χ0) is 24.7. The van der Waals surface area contributed by atoms with Crippen LogP contribution in [0.1, 0.15) is 41.5 Å². The van der Waals surface area contributed by atoms with Gasteiger partial charge in [-0.05, 0) is 35.7 Å². The maximum absolute atomic E-state index is 13.8. The van der Waals surface area contributed by atoms with E-state index in [2.05, 4.69) is 10.6 Å². The second-order valence-corrected chi connectivity index (χ2v) is 9.80. The normalized spacial score (nSPS) is 18.5. The molecule has 1 aromatic heterocycles. The number of hydrogen-bond donors (Lipinski definition) is 2. The van der Waals surface area contributed by atoms with Crippen LogP contribution in [0, 0.1) is 5.82 Å². The van der Waals surface area contributed by atoms with E-state index in [1.165, 1.54) is 23.7 Å². The molecule has 8 nitrogen and oxygen atoms in total. The van der Waals surface area contributed by atoms with Crippen LogP contribution in [-0.4, -0.2) is 26.7 Å². The lowest BCUT2D eigenvalue weighted by molar-refractivity contribution is -0.125. The third-order valence-corrected chi connectivity index (χ3v) is 7.53. The monoisotopic (exact) mass is 494 g/mol. The van der Waals surface area contributed by atoms with E-state index in [4.69, 9.17) is 0 Å². The average molecular weight is 495 g/mol. The van der Waals surface area contributed by atoms with Crippen LogP contribution in [0.4, 0.5) is 10.2 Å². The fraction of sp³-hybridized carbons (Fsp3) is 0.280. The van der Waals surface area contributed by atoms with E-state index in [-0.39, 0.29) is 36.2 Å². The Morgan fingerprint density at radius 2 is 1.94 bits per heavy atom. The molecule has 0 saturated heterocycles. The number of carbonyl (C=O) groups excluding carboxylic acids is 2. The van der Waals surface area contributed by atoms with E-state index in [0.29, 0.717) is 12.0 Å². The highest BCUT2D eigenvalue weighted by atomic mass is 32.2. The molecule has 5 rings (SSSR count). The highest BCUT2D eigenvalue weighted by molar-refractivity contribution is 7.99. The molecule has 3 heterocycles. The molecule has 0 radical (unpaired) electrons. The van der Waals surface area contributed by atoms with Crippen LogP contribution in [-0.2, 0) is 23.2 Å². The minimum Gasteiger partial charge on any atom is -0.349 e. The number of fused-ring (bicyclic) bond motifs is 2. The molecule has 2 aromatic carbocycles. The summed E-state index contributed by atoms with van der Waals surface area (Å²) in [7, 11) is 1.36. The molecule has 10 heteroatoms. The van der Waals surface area contributed by atoms with Gasteiger partial charge in [0.05, 0.1) is 24.1 Å². The number of thioether (sulfide) groups is 1. The molecule has 2 amide bonds. The second kappa shape index (κ2) is 9.18. The molecule has 2 aliphatic rings. The molecule has 0 spiro atoms. The Morgan fingerprint density at radius 1 is 1.17 bits per heavy atom. The Hall–Kier alpha value is -3.66. The van der Waals surface area contributed by atoms with Gasteiger partial charge in [0, 0.05) is 24.1 Å². The van der Waals surface area contributed by atoms with Crippen molar-refractivity contribution in [3.8, 4) is 0 Å². The summed E-state index contributed by atoms with van der Waals surface area (Å²) in [6.07, 6.45) is 0.366. The number of halogens is 1. The third kappa shape index (κ3) is 4.29. The van der Waals surface area contributed by atoms with Crippen LogP contribution >= 0.6 is 11.8 Å². The van der Waals surface area contributed by atoms with Crippen molar-refractivity contribution < 1.29 is 14.0 Å². The zero-order valence-corrected chi connectivity index (χ0v) is 19.7. The van der Waals surface area contributed by atoms with Crippen molar-refractivity contribution in [1.29, 1.82) is 0 Å².